The van der Waals surface area contributed by atoms with Crippen LogP contribution < -0.4 is 14.8 Å². The number of phenols is 1. The van der Waals surface area contributed by atoms with E-state index in [0.717, 1.165) is 18.5 Å². The number of nitrogens with zero attached hydrogens (tertiary/aromatic N) is 3. The molecule has 1 aromatic heterocycles. The van der Waals surface area contributed by atoms with Crippen LogP contribution in [-0.2, 0) is 4.79 Å². The largest absolute Gasteiger partial charge is 0.502 e. The molecule has 1 aromatic carbocycles. The normalized spacial score (nSPS) is 18.3. The van der Waals surface area contributed by atoms with E-state index in [1.54, 1.807) is 16.8 Å². The lowest BCUT2D eigenvalue weighted by Crippen LogP contribution is -2.31. The fourth-order valence-corrected chi connectivity index (χ4v) is 3.72. The number of phenolic OH excluding ortho intramolecular Hbond substituents is 1. The van der Waals surface area contributed by atoms with Crippen molar-refractivity contribution in [2.45, 2.75) is 25.3 Å². The average molecular weight is 366 g/mol. The highest BCUT2D eigenvalue weighted by atomic mass is 16.5. The lowest BCUT2D eigenvalue weighted by atomic mass is 9.85. The summed E-state index contributed by atoms with van der Waals surface area (Å²) in [6.45, 7) is 0. The van der Waals surface area contributed by atoms with Gasteiger partial charge in [0, 0.05) is 17.7 Å². The average Bonchev–Trinajstić information content (AvgIpc) is 3.09. The van der Waals surface area contributed by atoms with Crippen molar-refractivity contribution in [3.05, 3.63) is 40.7 Å². The van der Waals surface area contributed by atoms with Gasteiger partial charge in [-0.15, -0.1) is 0 Å². The van der Waals surface area contributed by atoms with E-state index in [1.807, 2.05) is 0 Å². The topological polar surface area (TPSA) is 109 Å². The van der Waals surface area contributed by atoms with Crippen LogP contribution in [0.15, 0.2) is 29.6 Å². The van der Waals surface area contributed by atoms with Crippen molar-refractivity contribution in [1.29, 1.82) is 5.26 Å². The van der Waals surface area contributed by atoms with E-state index < -0.39 is 6.04 Å². The number of ether oxygens (including phenoxy) is 2. The first-order chi connectivity index (χ1) is 13.1. The molecule has 0 fully saturated rings. The highest BCUT2D eigenvalue weighted by Gasteiger charge is 2.37. The molecule has 0 radical (unpaired) electrons. The van der Waals surface area contributed by atoms with Gasteiger partial charge in [0.15, 0.2) is 17.3 Å². The molecule has 2 aromatic rings. The minimum Gasteiger partial charge on any atom is -0.502 e. The fraction of sp³-hybridized carbons (Fsp3) is 0.316. The molecule has 0 amide bonds. The fourth-order valence-electron chi connectivity index (χ4n) is 3.72. The van der Waals surface area contributed by atoms with Crippen LogP contribution in [0.2, 0.25) is 0 Å². The maximum absolute atomic E-state index is 12.8. The monoisotopic (exact) mass is 366 g/mol. The van der Waals surface area contributed by atoms with E-state index in [2.05, 4.69) is 16.5 Å². The lowest BCUT2D eigenvalue weighted by Gasteiger charge is -2.33. The van der Waals surface area contributed by atoms with Crippen molar-refractivity contribution >= 4 is 11.6 Å². The van der Waals surface area contributed by atoms with Crippen LogP contribution in [0, 0.1) is 11.3 Å². The zero-order chi connectivity index (χ0) is 19.1. The van der Waals surface area contributed by atoms with E-state index in [1.165, 1.54) is 20.4 Å². The van der Waals surface area contributed by atoms with Gasteiger partial charge < -0.3 is 19.9 Å². The first-order valence-electron chi connectivity index (χ1n) is 8.54. The number of Topliss-reactive ketones (excluding diaryl/α,β-unsaturated/α-hetero) is 1. The highest BCUT2D eigenvalue weighted by molar-refractivity contribution is 5.99. The Hall–Kier alpha value is -3.47. The lowest BCUT2D eigenvalue weighted by molar-refractivity contribution is -0.116. The highest BCUT2D eigenvalue weighted by Crippen LogP contribution is 2.45. The molecular weight excluding hydrogens is 348 g/mol. The molecule has 0 bridgehead atoms. The number of hydrogen-bond donors (Lipinski definition) is 2. The summed E-state index contributed by atoms with van der Waals surface area (Å²) in [5.74, 6) is 0.964. The van der Waals surface area contributed by atoms with E-state index >= 15 is 0 Å². The number of fused-ring (bicyclic) bond motifs is 1. The zero-order valence-electron chi connectivity index (χ0n) is 14.9. The van der Waals surface area contributed by atoms with Crippen LogP contribution in [0.3, 0.4) is 0 Å². The number of aromatic hydroxyl groups is 1. The van der Waals surface area contributed by atoms with Crippen molar-refractivity contribution in [3.8, 4) is 23.3 Å². The molecule has 1 atom stereocenters. The number of methoxy groups -OCH3 is 2. The molecule has 0 saturated heterocycles. The molecule has 8 heteroatoms. The maximum atomic E-state index is 12.8. The molecule has 4 rings (SSSR count). The second kappa shape index (κ2) is 6.36. The SMILES string of the molecule is COc1cc([C@@H]2C3=C(CCCC3=O)Nc3c(C#N)cnn32)cc(OC)c1O. The number of benzene rings is 1. The number of aromatic nitrogens is 2. The molecular formula is C19H18N4O4. The first kappa shape index (κ1) is 17.0. The molecule has 2 N–H and O–H groups in total. The number of hydrogen-bond acceptors (Lipinski definition) is 7. The van der Waals surface area contributed by atoms with Crippen LogP contribution in [0.1, 0.15) is 36.4 Å². The van der Waals surface area contributed by atoms with Gasteiger partial charge in [-0.25, -0.2) is 4.68 Å². The number of carbonyl (C=O) groups is 1. The standard InChI is InChI=1S/C19H18N4O4/c1-26-14-6-10(7-15(27-2)18(14)25)17-16-12(4-3-5-13(16)24)22-19-11(8-20)9-21-23(17)19/h6-7,9,17,22,25H,3-5H2,1-2H3/t17-/m1/s1. The van der Waals surface area contributed by atoms with Gasteiger partial charge in [-0.2, -0.15) is 10.4 Å². The van der Waals surface area contributed by atoms with Crippen molar-refractivity contribution in [1.82, 2.24) is 9.78 Å². The number of carbonyl (C=O) groups excluding carboxylic acids is 1. The first-order valence-corrected chi connectivity index (χ1v) is 8.54. The summed E-state index contributed by atoms with van der Waals surface area (Å²) in [5, 5.41) is 27.2. The number of rotatable bonds is 3. The smallest absolute Gasteiger partial charge is 0.200 e. The van der Waals surface area contributed by atoms with Gasteiger partial charge in [-0.05, 0) is 30.5 Å². The molecule has 0 unspecified atom stereocenters. The predicted molar refractivity (Wildman–Crippen MR) is 95.8 cm³/mol. The van der Waals surface area contributed by atoms with Gasteiger partial charge in [-0.3, -0.25) is 4.79 Å². The molecule has 2 aliphatic rings. The van der Waals surface area contributed by atoms with Crippen LogP contribution in [0.4, 0.5) is 5.82 Å². The quantitative estimate of drug-likeness (QED) is 0.859. The number of allylic oxidation sites excluding steroid dienone is 2. The Morgan fingerprint density at radius 1 is 1.30 bits per heavy atom. The second-order valence-electron chi connectivity index (χ2n) is 6.43. The molecule has 0 spiro atoms. The van der Waals surface area contributed by atoms with Crippen molar-refractivity contribution in [3.63, 3.8) is 0 Å². The summed E-state index contributed by atoms with van der Waals surface area (Å²) in [6.07, 6.45) is 3.42. The second-order valence-corrected chi connectivity index (χ2v) is 6.43. The number of nitrogens with one attached hydrogen (secondary N) is 1. The Kier molecular flexibility index (Phi) is 4.00. The van der Waals surface area contributed by atoms with E-state index in [0.29, 0.717) is 28.9 Å². The van der Waals surface area contributed by atoms with Crippen molar-refractivity contribution < 1.29 is 19.4 Å². The minimum atomic E-state index is -0.533. The van der Waals surface area contributed by atoms with Gasteiger partial charge in [0.2, 0.25) is 5.75 Å². The Labute approximate surface area is 155 Å². The van der Waals surface area contributed by atoms with Crippen molar-refractivity contribution in [2.24, 2.45) is 0 Å². The molecule has 2 heterocycles. The minimum absolute atomic E-state index is 0.0411. The predicted octanol–water partition coefficient (Wildman–Crippen LogP) is 2.50. The number of nitriles is 1. The molecule has 138 valence electrons. The Morgan fingerprint density at radius 3 is 2.63 bits per heavy atom. The summed E-state index contributed by atoms with van der Waals surface area (Å²) < 4.78 is 12.2. The Balaban J connectivity index is 1.97. The van der Waals surface area contributed by atoms with E-state index in [4.69, 9.17) is 9.47 Å². The summed E-state index contributed by atoms with van der Waals surface area (Å²) in [5.41, 5.74) is 2.52. The van der Waals surface area contributed by atoms with Crippen molar-refractivity contribution in [2.75, 3.05) is 19.5 Å². The summed E-state index contributed by atoms with van der Waals surface area (Å²) >= 11 is 0. The molecule has 8 nitrogen and oxygen atoms in total. The third kappa shape index (κ3) is 2.51. The molecule has 27 heavy (non-hydrogen) atoms. The third-order valence-electron chi connectivity index (χ3n) is 4.98. The Morgan fingerprint density at radius 2 is 2.00 bits per heavy atom. The van der Waals surface area contributed by atoms with E-state index in [-0.39, 0.29) is 23.0 Å². The molecule has 1 aliphatic carbocycles. The van der Waals surface area contributed by atoms with Gasteiger partial charge in [0.25, 0.3) is 0 Å². The summed E-state index contributed by atoms with van der Waals surface area (Å²) in [7, 11) is 2.90. The van der Waals surface area contributed by atoms with Crippen LogP contribution >= 0.6 is 0 Å². The molecule has 1 aliphatic heterocycles. The van der Waals surface area contributed by atoms with E-state index in [9.17, 15) is 15.2 Å². The van der Waals surface area contributed by atoms with Gasteiger partial charge in [0.05, 0.1) is 20.4 Å². The molecule has 0 saturated carbocycles. The van der Waals surface area contributed by atoms with Crippen LogP contribution in [0.25, 0.3) is 0 Å². The van der Waals surface area contributed by atoms with Gasteiger partial charge in [-0.1, -0.05) is 0 Å². The van der Waals surface area contributed by atoms with Gasteiger partial charge >= 0.3 is 0 Å². The summed E-state index contributed by atoms with van der Waals surface area (Å²) in [4.78, 5) is 12.8. The van der Waals surface area contributed by atoms with Crippen LogP contribution in [-0.4, -0.2) is 34.9 Å². The Bertz CT molecular complexity index is 990. The number of anilines is 1. The summed E-state index contributed by atoms with van der Waals surface area (Å²) in [6, 6.07) is 4.92. The zero-order valence-corrected chi connectivity index (χ0v) is 14.9. The third-order valence-corrected chi connectivity index (χ3v) is 4.98. The maximum Gasteiger partial charge on any atom is 0.200 e. The van der Waals surface area contributed by atoms with Crippen LogP contribution in [0.5, 0.6) is 17.2 Å². The number of ketones is 1. The van der Waals surface area contributed by atoms with Gasteiger partial charge in [0.1, 0.15) is 23.5 Å².